The van der Waals surface area contributed by atoms with E-state index >= 15 is 0 Å². The van der Waals surface area contributed by atoms with Crippen LogP contribution in [0.25, 0.3) is 0 Å². The molecule has 0 spiro atoms. The van der Waals surface area contributed by atoms with Gasteiger partial charge in [-0.1, -0.05) is 18.2 Å². The van der Waals surface area contributed by atoms with Crippen molar-refractivity contribution < 1.29 is 0 Å². The van der Waals surface area contributed by atoms with Crippen LogP contribution in [-0.2, 0) is 6.42 Å². The van der Waals surface area contributed by atoms with Gasteiger partial charge in [0.1, 0.15) is 0 Å². The molecule has 0 aliphatic carbocycles. The second-order valence-electron chi connectivity index (χ2n) is 3.42. The van der Waals surface area contributed by atoms with E-state index in [-0.39, 0.29) is 0 Å². The highest BCUT2D eigenvalue weighted by Gasteiger charge is 2.04. The number of aryl methyl sites for hydroxylation is 3. The van der Waals surface area contributed by atoms with E-state index in [1.807, 2.05) is 25.2 Å². The minimum atomic E-state index is 0.970. The lowest BCUT2D eigenvalue weighted by molar-refractivity contribution is 0.932. The Balaban J connectivity index is 2.53. The van der Waals surface area contributed by atoms with Crippen LogP contribution in [0.4, 0.5) is 0 Å². The molecule has 0 atom stereocenters. The van der Waals surface area contributed by atoms with Crippen molar-refractivity contribution in [2.75, 3.05) is 0 Å². The average Bonchev–Trinajstić information content (AvgIpc) is 2.51. The van der Waals surface area contributed by atoms with Crippen molar-refractivity contribution in [2.45, 2.75) is 33.6 Å². The number of nitrogens with zero attached hydrogens (tertiary/aromatic N) is 1. The van der Waals surface area contributed by atoms with Crippen LogP contribution in [0.3, 0.4) is 0 Å². The third-order valence-corrected chi connectivity index (χ3v) is 3.40. The first-order chi connectivity index (χ1) is 7.13. The summed E-state index contributed by atoms with van der Waals surface area (Å²) >= 11 is 6.19. The molecule has 3 heteroatoms. The summed E-state index contributed by atoms with van der Waals surface area (Å²) in [5.41, 5.74) is 1.22. The van der Waals surface area contributed by atoms with E-state index in [1.54, 1.807) is 11.3 Å². The van der Waals surface area contributed by atoms with Gasteiger partial charge in [0.05, 0.1) is 10.7 Å². The smallest absolute Gasteiger partial charge is 0.0900 e. The third kappa shape index (κ3) is 4.22. The van der Waals surface area contributed by atoms with Gasteiger partial charge in [0, 0.05) is 4.88 Å². The molecule has 0 saturated carbocycles. The molecule has 1 aromatic heterocycles. The summed E-state index contributed by atoms with van der Waals surface area (Å²) in [5.74, 6) is 0. The minimum absolute atomic E-state index is 0.970. The zero-order valence-electron chi connectivity index (χ0n) is 9.45. The van der Waals surface area contributed by atoms with Crippen molar-refractivity contribution in [3.05, 3.63) is 38.7 Å². The van der Waals surface area contributed by atoms with Gasteiger partial charge in [-0.2, -0.15) is 0 Å². The predicted octanol–water partition coefficient (Wildman–Crippen LogP) is 4.08. The summed E-state index contributed by atoms with van der Waals surface area (Å²) in [5, 5.41) is 1.15. The number of allylic oxidation sites excluding steroid dienone is 4. The van der Waals surface area contributed by atoms with Crippen LogP contribution in [0.15, 0.2) is 23.1 Å². The molecule has 0 aromatic carbocycles. The van der Waals surface area contributed by atoms with Crippen molar-refractivity contribution in [1.29, 1.82) is 0 Å². The number of thiazole rings is 1. The largest absolute Gasteiger partial charge is 0.246 e. The number of aromatic nitrogens is 1. The highest BCUT2D eigenvalue weighted by molar-refractivity contribution is 7.84. The molecule has 1 nitrogen and oxygen atoms in total. The topological polar surface area (TPSA) is 12.9 Å². The molecule has 0 aliphatic rings. The third-order valence-electron chi connectivity index (χ3n) is 2.10. The van der Waals surface area contributed by atoms with Crippen LogP contribution in [0.1, 0.15) is 28.9 Å². The van der Waals surface area contributed by atoms with E-state index in [0.29, 0.717) is 0 Å². The number of hydrogen-bond donors (Lipinski definition) is 1. The van der Waals surface area contributed by atoms with E-state index in [4.69, 9.17) is 0 Å². The lowest BCUT2D eigenvalue weighted by atomic mass is 10.2. The lowest BCUT2D eigenvalue weighted by Crippen LogP contribution is -1.88. The Morgan fingerprint density at radius 3 is 2.73 bits per heavy atom. The maximum atomic E-state index is 4.50. The molecule has 1 rings (SSSR count). The molecule has 0 fully saturated rings. The molecule has 15 heavy (non-hydrogen) atoms. The molecule has 0 aliphatic heterocycles. The number of rotatable bonds is 4. The van der Waals surface area contributed by atoms with Crippen molar-refractivity contribution in [1.82, 2.24) is 4.98 Å². The van der Waals surface area contributed by atoms with Gasteiger partial charge in [-0.25, -0.2) is 4.98 Å². The molecule has 1 heterocycles. The summed E-state index contributed by atoms with van der Waals surface area (Å²) in [6, 6.07) is 0. The first-order valence-electron chi connectivity index (χ1n) is 5.07. The predicted molar refractivity (Wildman–Crippen MR) is 71.8 cm³/mol. The molecule has 82 valence electrons. The Bertz CT molecular complexity index is 375. The van der Waals surface area contributed by atoms with Crippen LogP contribution in [0.2, 0.25) is 0 Å². The van der Waals surface area contributed by atoms with Crippen molar-refractivity contribution >= 4 is 24.0 Å². The van der Waals surface area contributed by atoms with Gasteiger partial charge in [0.2, 0.25) is 0 Å². The van der Waals surface area contributed by atoms with Gasteiger partial charge < -0.3 is 0 Å². The highest BCUT2D eigenvalue weighted by Crippen LogP contribution is 2.20. The summed E-state index contributed by atoms with van der Waals surface area (Å²) in [7, 11) is 0. The molecule has 1 aromatic rings. The van der Waals surface area contributed by atoms with Gasteiger partial charge in [0.25, 0.3) is 0 Å². The van der Waals surface area contributed by atoms with E-state index in [0.717, 1.165) is 22.8 Å². The van der Waals surface area contributed by atoms with Crippen LogP contribution >= 0.6 is 24.0 Å². The first-order valence-corrected chi connectivity index (χ1v) is 6.33. The molecule has 0 N–H and O–H groups in total. The fourth-order valence-corrected chi connectivity index (χ4v) is 2.40. The molecule has 0 saturated heterocycles. The lowest BCUT2D eigenvalue weighted by Gasteiger charge is -1.98. The van der Waals surface area contributed by atoms with E-state index < -0.39 is 0 Å². The summed E-state index contributed by atoms with van der Waals surface area (Å²) in [6.07, 6.45) is 8.02. The van der Waals surface area contributed by atoms with Crippen LogP contribution < -0.4 is 0 Å². The van der Waals surface area contributed by atoms with Gasteiger partial charge >= 0.3 is 0 Å². The zero-order valence-corrected chi connectivity index (χ0v) is 11.2. The van der Waals surface area contributed by atoms with Gasteiger partial charge in [-0.3, -0.25) is 0 Å². The van der Waals surface area contributed by atoms with Crippen molar-refractivity contribution in [2.24, 2.45) is 0 Å². The van der Waals surface area contributed by atoms with Gasteiger partial charge in [0.15, 0.2) is 0 Å². The van der Waals surface area contributed by atoms with E-state index in [1.165, 1.54) is 10.6 Å². The summed E-state index contributed by atoms with van der Waals surface area (Å²) < 4.78 is 0. The Morgan fingerprint density at radius 1 is 1.47 bits per heavy atom. The Labute approximate surface area is 101 Å². The Hall–Kier alpha value is -0.540. The first kappa shape index (κ1) is 12.5. The van der Waals surface area contributed by atoms with Crippen LogP contribution in [-0.4, -0.2) is 4.98 Å². The monoisotopic (exact) mass is 239 g/mol. The summed E-state index contributed by atoms with van der Waals surface area (Å²) in [6.45, 7) is 6.19. The fraction of sp³-hybridized carbons (Fsp3) is 0.417. The number of hydrogen-bond acceptors (Lipinski definition) is 3. The van der Waals surface area contributed by atoms with Crippen molar-refractivity contribution in [3.63, 3.8) is 0 Å². The van der Waals surface area contributed by atoms with Crippen LogP contribution in [0, 0.1) is 13.8 Å². The quantitative estimate of drug-likeness (QED) is 0.617. The Kier molecular flexibility index (Phi) is 5.12. The molecule has 0 amide bonds. The second-order valence-corrected chi connectivity index (χ2v) is 5.40. The Morgan fingerprint density at radius 2 is 2.20 bits per heavy atom. The molecular weight excluding hydrogens is 222 g/mol. The second kappa shape index (κ2) is 6.13. The molecule has 0 radical (unpaired) electrons. The standard InChI is InChI=1S/C12H17NS2/c1-4-5-6-11(14)7-8-12-9(2)15-10(3)13-12/h4-6,14H,7-8H2,1-3H3/b5-4-,11-6-. The maximum Gasteiger partial charge on any atom is 0.0900 e. The van der Waals surface area contributed by atoms with Gasteiger partial charge in [-0.05, 0) is 38.5 Å². The fourth-order valence-electron chi connectivity index (χ4n) is 1.34. The SMILES string of the molecule is C/C=C\C=C(/S)CCc1nc(C)sc1C. The highest BCUT2D eigenvalue weighted by atomic mass is 32.1. The van der Waals surface area contributed by atoms with Gasteiger partial charge in [-0.15, -0.1) is 24.0 Å². The van der Waals surface area contributed by atoms with Crippen LogP contribution in [0.5, 0.6) is 0 Å². The summed E-state index contributed by atoms with van der Waals surface area (Å²) in [4.78, 5) is 6.94. The molecular formula is C12H17NS2. The molecule has 0 unspecified atom stereocenters. The normalized spacial score (nSPS) is 12.7. The molecule has 0 bridgehead atoms. The zero-order chi connectivity index (χ0) is 11.3. The average molecular weight is 239 g/mol. The maximum absolute atomic E-state index is 4.50. The van der Waals surface area contributed by atoms with E-state index in [9.17, 15) is 0 Å². The number of thiol groups is 1. The van der Waals surface area contributed by atoms with Crippen molar-refractivity contribution in [3.8, 4) is 0 Å². The minimum Gasteiger partial charge on any atom is -0.246 e. The van der Waals surface area contributed by atoms with E-state index in [2.05, 4.69) is 31.5 Å².